The van der Waals surface area contributed by atoms with Gasteiger partial charge in [0.25, 0.3) is 0 Å². The standard InChI is InChI=1S/C23H36N4O2/c1-18-13-24-23(25-18)16-26(2)14-19-8-7-11-22(12-19)29-17-21(28)15-27(3)20-9-5-4-6-10-20/h7-8,11-13,20-21,28H,4-6,9-10,14-17H2,1-3H3,(H,24,25)/t21-/m1/s1. The van der Waals surface area contributed by atoms with Gasteiger partial charge in [0, 0.05) is 31.0 Å². The average molecular weight is 401 g/mol. The second kappa shape index (κ2) is 10.8. The normalized spacial score (nSPS) is 16.5. The maximum Gasteiger partial charge on any atom is 0.120 e. The number of aromatic amines is 1. The molecule has 1 aliphatic carbocycles. The molecular weight excluding hydrogens is 364 g/mol. The second-order valence-corrected chi connectivity index (χ2v) is 8.53. The lowest BCUT2D eigenvalue weighted by Gasteiger charge is -2.32. The van der Waals surface area contributed by atoms with Crippen molar-refractivity contribution < 1.29 is 9.84 Å². The average Bonchev–Trinajstić information content (AvgIpc) is 3.11. The number of benzene rings is 1. The van der Waals surface area contributed by atoms with E-state index in [2.05, 4.69) is 46.0 Å². The van der Waals surface area contributed by atoms with E-state index in [1.807, 2.05) is 25.3 Å². The summed E-state index contributed by atoms with van der Waals surface area (Å²) in [6.07, 6.45) is 7.84. The summed E-state index contributed by atoms with van der Waals surface area (Å²) >= 11 is 0. The quantitative estimate of drug-likeness (QED) is 0.640. The summed E-state index contributed by atoms with van der Waals surface area (Å²) in [4.78, 5) is 12.1. The number of aliphatic hydroxyl groups is 1. The highest BCUT2D eigenvalue weighted by Crippen LogP contribution is 2.22. The number of imidazole rings is 1. The lowest BCUT2D eigenvalue weighted by Crippen LogP contribution is -2.40. The van der Waals surface area contributed by atoms with E-state index < -0.39 is 6.10 Å². The van der Waals surface area contributed by atoms with Gasteiger partial charge in [-0.05, 0) is 51.6 Å². The second-order valence-electron chi connectivity index (χ2n) is 8.53. The zero-order valence-electron chi connectivity index (χ0n) is 18.1. The highest BCUT2D eigenvalue weighted by molar-refractivity contribution is 5.28. The van der Waals surface area contributed by atoms with Crippen LogP contribution in [0.1, 0.15) is 49.2 Å². The van der Waals surface area contributed by atoms with Crippen LogP contribution < -0.4 is 4.74 Å². The number of aliphatic hydroxyl groups excluding tert-OH is 1. The molecule has 6 nitrogen and oxygen atoms in total. The van der Waals surface area contributed by atoms with Crippen LogP contribution in [0.3, 0.4) is 0 Å². The first-order valence-electron chi connectivity index (χ1n) is 10.8. The Bertz CT molecular complexity index is 742. The van der Waals surface area contributed by atoms with E-state index >= 15 is 0 Å². The maximum absolute atomic E-state index is 10.4. The molecule has 29 heavy (non-hydrogen) atoms. The van der Waals surface area contributed by atoms with Crippen LogP contribution in [0.25, 0.3) is 0 Å². The highest BCUT2D eigenvalue weighted by Gasteiger charge is 2.20. The van der Waals surface area contributed by atoms with E-state index in [1.165, 1.54) is 37.7 Å². The predicted molar refractivity (Wildman–Crippen MR) is 116 cm³/mol. The zero-order chi connectivity index (χ0) is 20.6. The van der Waals surface area contributed by atoms with Crippen molar-refractivity contribution >= 4 is 0 Å². The third-order valence-corrected chi connectivity index (χ3v) is 5.67. The van der Waals surface area contributed by atoms with E-state index in [9.17, 15) is 5.11 Å². The predicted octanol–water partition coefficient (Wildman–Crippen LogP) is 3.35. The van der Waals surface area contributed by atoms with Crippen molar-refractivity contribution in [2.24, 2.45) is 0 Å². The molecule has 160 valence electrons. The number of aromatic nitrogens is 2. The van der Waals surface area contributed by atoms with Crippen molar-refractivity contribution in [2.45, 2.75) is 64.3 Å². The van der Waals surface area contributed by atoms with Crippen molar-refractivity contribution in [1.82, 2.24) is 19.8 Å². The third-order valence-electron chi connectivity index (χ3n) is 5.67. The summed E-state index contributed by atoms with van der Waals surface area (Å²) < 4.78 is 5.89. The Kier molecular flexibility index (Phi) is 8.09. The van der Waals surface area contributed by atoms with Crippen LogP contribution in [0.2, 0.25) is 0 Å². The minimum absolute atomic E-state index is 0.321. The number of hydrogen-bond acceptors (Lipinski definition) is 5. The molecule has 0 amide bonds. The molecule has 1 atom stereocenters. The van der Waals surface area contributed by atoms with Gasteiger partial charge in [-0.15, -0.1) is 0 Å². The summed E-state index contributed by atoms with van der Waals surface area (Å²) in [6, 6.07) is 8.73. The van der Waals surface area contributed by atoms with E-state index in [-0.39, 0.29) is 0 Å². The molecule has 0 unspecified atom stereocenters. The van der Waals surface area contributed by atoms with Gasteiger partial charge >= 0.3 is 0 Å². The van der Waals surface area contributed by atoms with Gasteiger partial charge in [-0.3, -0.25) is 4.90 Å². The molecule has 1 saturated carbocycles. The first kappa shape index (κ1) is 21.8. The van der Waals surface area contributed by atoms with Crippen LogP contribution in [0, 0.1) is 6.92 Å². The smallest absolute Gasteiger partial charge is 0.120 e. The van der Waals surface area contributed by atoms with Crippen LogP contribution in [-0.4, -0.2) is 64.3 Å². The molecule has 6 heteroatoms. The number of nitrogens with zero attached hydrogens (tertiary/aromatic N) is 3. The van der Waals surface area contributed by atoms with Crippen molar-refractivity contribution in [3.05, 3.63) is 47.5 Å². The molecule has 1 aromatic carbocycles. The minimum Gasteiger partial charge on any atom is -0.491 e. The fourth-order valence-electron chi connectivity index (χ4n) is 4.15. The monoisotopic (exact) mass is 400 g/mol. The molecule has 1 aromatic heterocycles. The maximum atomic E-state index is 10.4. The number of aryl methyl sites for hydroxylation is 1. The van der Waals surface area contributed by atoms with Gasteiger partial charge in [0.15, 0.2) is 0 Å². The molecule has 0 spiro atoms. The van der Waals surface area contributed by atoms with Gasteiger partial charge in [-0.2, -0.15) is 0 Å². The molecule has 1 aliphatic rings. The first-order chi connectivity index (χ1) is 14.0. The number of hydrogen-bond donors (Lipinski definition) is 2. The van der Waals surface area contributed by atoms with E-state index in [1.54, 1.807) is 0 Å². The number of nitrogens with one attached hydrogen (secondary N) is 1. The number of rotatable bonds is 10. The Balaban J connectivity index is 1.43. The molecule has 2 N–H and O–H groups in total. The molecule has 1 heterocycles. The van der Waals surface area contributed by atoms with Crippen LogP contribution >= 0.6 is 0 Å². The van der Waals surface area contributed by atoms with Crippen LogP contribution in [0.5, 0.6) is 5.75 Å². The van der Waals surface area contributed by atoms with Crippen molar-refractivity contribution in [3.63, 3.8) is 0 Å². The Morgan fingerprint density at radius 1 is 1.21 bits per heavy atom. The van der Waals surface area contributed by atoms with Gasteiger partial charge in [-0.1, -0.05) is 31.4 Å². The van der Waals surface area contributed by atoms with Gasteiger partial charge in [0.2, 0.25) is 0 Å². The molecule has 3 rings (SSSR count). The SMILES string of the molecule is Cc1cnc(CN(C)Cc2cccc(OC[C@H](O)CN(C)C3CCCCC3)c2)[nH]1. The first-order valence-corrected chi connectivity index (χ1v) is 10.8. The Hall–Kier alpha value is -1.89. The molecule has 2 aromatic rings. The van der Waals surface area contributed by atoms with Crippen molar-refractivity contribution in [3.8, 4) is 5.75 Å². The highest BCUT2D eigenvalue weighted by atomic mass is 16.5. The minimum atomic E-state index is -0.476. The van der Waals surface area contributed by atoms with Crippen molar-refractivity contribution in [1.29, 1.82) is 0 Å². The molecule has 0 bridgehead atoms. The van der Waals surface area contributed by atoms with Gasteiger partial charge < -0.3 is 19.7 Å². The number of ether oxygens (including phenoxy) is 1. The fraction of sp³-hybridized carbons (Fsp3) is 0.609. The summed E-state index contributed by atoms with van der Waals surface area (Å²) in [5, 5.41) is 10.4. The molecule has 0 aliphatic heterocycles. The topological polar surface area (TPSA) is 64.6 Å². The van der Waals surface area contributed by atoms with Crippen LogP contribution in [-0.2, 0) is 13.1 Å². The lowest BCUT2D eigenvalue weighted by atomic mass is 9.94. The summed E-state index contributed by atoms with van der Waals surface area (Å²) in [5.41, 5.74) is 2.26. The summed E-state index contributed by atoms with van der Waals surface area (Å²) in [7, 11) is 4.20. The van der Waals surface area contributed by atoms with E-state index in [4.69, 9.17) is 4.74 Å². The Morgan fingerprint density at radius 3 is 2.72 bits per heavy atom. The van der Waals surface area contributed by atoms with Crippen LogP contribution in [0.4, 0.5) is 0 Å². The van der Waals surface area contributed by atoms with Gasteiger partial charge in [0.05, 0.1) is 6.54 Å². The van der Waals surface area contributed by atoms with E-state index in [0.29, 0.717) is 19.2 Å². The molecular formula is C23H36N4O2. The molecule has 0 radical (unpaired) electrons. The number of likely N-dealkylation sites (N-methyl/N-ethyl adjacent to an activating group) is 1. The Morgan fingerprint density at radius 2 is 2.00 bits per heavy atom. The molecule has 0 saturated heterocycles. The fourth-order valence-corrected chi connectivity index (χ4v) is 4.15. The largest absolute Gasteiger partial charge is 0.491 e. The summed E-state index contributed by atoms with van der Waals surface area (Å²) in [6.45, 7) is 4.57. The zero-order valence-corrected chi connectivity index (χ0v) is 18.1. The van der Waals surface area contributed by atoms with Crippen LogP contribution in [0.15, 0.2) is 30.5 Å². The lowest BCUT2D eigenvalue weighted by molar-refractivity contribution is 0.0561. The third kappa shape index (κ3) is 7.14. The van der Waals surface area contributed by atoms with E-state index in [0.717, 1.165) is 30.4 Å². The molecule has 1 fully saturated rings. The number of H-pyrrole nitrogens is 1. The Labute approximate surface area is 174 Å². The van der Waals surface area contributed by atoms with Crippen molar-refractivity contribution in [2.75, 3.05) is 27.2 Å². The summed E-state index contributed by atoms with van der Waals surface area (Å²) in [5.74, 6) is 1.78. The van der Waals surface area contributed by atoms with Gasteiger partial charge in [0.1, 0.15) is 24.3 Å². The van der Waals surface area contributed by atoms with Gasteiger partial charge in [-0.25, -0.2) is 4.98 Å².